The van der Waals surface area contributed by atoms with Gasteiger partial charge in [-0.3, -0.25) is 4.90 Å². The van der Waals surface area contributed by atoms with Crippen molar-refractivity contribution in [2.24, 2.45) is 5.16 Å². The van der Waals surface area contributed by atoms with E-state index in [0.29, 0.717) is 0 Å². The number of thioether (sulfide) groups is 1. The molecule has 0 atom stereocenters. The lowest BCUT2D eigenvalue weighted by atomic mass is 10.1. The van der Waals surface area contributed by atoms with Gasteiger partial charge in [0.15, 0.2) is 0 Å². The van der Waals surface area contributed by atoms with E-state index < -0.39 is 5.51 Å². The Morgan fingerprint density at radius 3 is 2.25 bits per heavy atom. The Kier molecular flexibility index (Phi) is 7.90. The highest BCUT2D eigenvalue weighted by Crippen LogP contribution is 2.36. The molecule has 3 rings (SSSR count). The molecule has 0 radical (unpaired) electrons. The third-order valence-electron chi connectivity index (χ3n) is 3.58. The van der Waals surface area contributed by atoms with Gasteiger partial charge >= 0.3 is 5.51 Å². The summed E-state index contributed by atoms with van der Waals surface area (Å²) >= 11 is 3.11. The molecule has 2 aliphatic heterocycles. The van der Waals surface area contributed by atoms with Gasteiger partial charge in [-0.05, 0) is 71.3 Å². The number of oxime groups is 1. The fourth-order valence-corrected chi connectivity index (χ4v) is 3.27. The minimum Gasteiger partial charge on any atom is -0.395 e. The lowest BCUT2D eigenvalue weighted by Crippen LogP contribution is -2.29. The van der Waals surface area contributed by atoms with Crippen molar-refractivity contribution in [3.8, 4) is 0 Å². The van der Waals surface area contributed by atoms with Crippen LogP contribution in [0.2, 0.25) is 0 Å². The number of likely N-dealkylation sites (tertiary alicyclic amines) is 1. The smallest absolute Gasteiger partial charge is 0.395 e. The zero-order valence-corrected chi connectivity index (χ0v) is 15.6. The molecule has 1 fully saturated rings. The number of hydrogen-bond donors (Lipinski definition) is 0. The Balaban J connectivity index is 0.000000292. The molecule has 2 heterocycles. The van der Waals surface area contributed by atoms with Crippen LogP contribution in [0.25, 0.3) is 0 Å². The molecule has 0 saturated carbocycles. The van der Waals surface area contributed by atoms with E-state index in [1.807, 2.05) is 0 Å². The van der Waals surface area contributed by atoms with Crippen LogP contribution in [0.1, 0.15) is 31.2 Å². The van der Waals surface area contributed by atoms with E-state index in [1.54, 1.807) is 24.3 Å². The van der Waals surface area contributed by atoms with Gasteiger partial charge in [0, 0.05) is 17.9 Å². The third-order valence-corrected chi connectivity index (χ3v) is 4.86. The van der Waals surface area contributed by atoms with Gasteiger partial charge in [-0.1, -0.05) is 23.7 Å². The number of nitrogens with zero attached hydrogens (tertiary/aromatic N) is 2. The number of hydrogen-bond acceptors (Lipinski definition) is 4. The highest BCUT2D eigenvalue weighted by molar-refractivity contribution is 9.18. The first-order valence-electron chi connectivity index (χ1n) is 7.84. The minimum atomic E-state index is -4.20. The van der Waals surface area contributed by atoms with E-state index in [-0.39, 0.29) is 16.7 Å². The summed E-state index contributed by atoms with van der Waals surface area (Å²) in [6.45, 7) is 3.77. The second kappa shape index (κ2) is 9.68. The molecule has 0 amide bonds. The van der Waals surface area contributed by atoms with E-state index in [9.17, 15) is 13.2 Å². The molecular weight excluding hydrogens is 405 g/mol. The Hall–Kier alpha value is -0.730. The van der Waals surface area contributed by atoms with Gasteiger partial charge in [0.05, 0.1) is 0 Å². The highest BCUT2D eigenvalue weighted by atomic mass is 79.9. The summed E-state index contributed by atoms with van der Waals surface area (Å²) < 4.78 is 37.4. The summed E-state index contributed by atoms with van der Waals surface area (Å²) in [5.41, 5.74) is -3.11. The summed E-state index contributed by atoms with van der Waals surface area (Å²) in [7, 11) is 0. The second-order valence-electron chi connectivity index (χ2n) is 5.58. The van der Waals surface area contributed by atoms with Crippen molar-refractivity contribution in [1.82, 2.24) is 4.90 Å². The quantitative estimate of drug-likeness (QED) is 0.607. The molecule has 1 aromatic carbocycles. The average Bonchev–Trinajstić information content (AvgIpc) is 3.01. The molecule has 0 aliphatic carbocycles. The van der Waals surface area contributed by atoms with Crippen LogP contribution in [-0.4, -0.2) is 34.7 Å². The predicted octanol–water partition coefficient (Wildman–Crippen LogP) is 5.40. The monoisotopic (exact) mass is 424 g/mol. The predicted molar refractivity (Wildman–Crippen MR) is 94.4 cm³/mol. The van der Waals surface area contributed by atoms with Crippen molar-refractivity contribution in [2.75, 3.05) is 19.7 Å². The van der Waals surface area contributed by atoms with Crippen molar-refractivity contribution in [1.29, 1.82) is 0 Å². The van der Waals surface area contributed by atoms with Gasteiger partial charge in [0.1, 0.15) is 11.2 Å². The molecule has 0 unspecified atom stereocenters. The summed E-state index contributed by atoms with van der Waals surface area (Å²) in [5.74, 6) is 0. The van der Waals surface area contributed by atoms with Crippen LogP contribution >= 0.6 is 27.7 Å². The lowest BCUT2D eigenvalue weighted by Gasteiger charge is -2.26. The molecule has 3 nitrogen and oxygen atoms in total. The summed E-state index contributed by atoms with van der Waals surface area (Å²) in [6, 6.07) is 6.69. The zero-order chi connectivity index (χ0) is 17.4. The lowest BCUT2D eigenvalue weighted by molar-refractivity contribution is -0.0328. The molecule has 0 bridgehead atoms. The Morgan fingerprint density at radius 2 is 1.79 bits per heavy atom. The van der Waals surface area contributed by atoms with Crippen LogP contribution in [0, 0.1) is 0 Å². The van der Waals surface area contributed by atoms with Crippen LogP contribution in [0.15, 0.2) is 34.3 Å². The van der Waals surface area contributed by atoms with Crippen LogP contribution in [0.5, 0.6) is 0 Å². The number of piperidine rings is 1. The molecule has 1 saturated heterocycles. The Labute approximate surface area is 152 Å². The third kappa shape index (κ3) is 7.90. The van der Waals surface area contributed by atoms with Crippen molar-refractivity contribution in [2.45, 2.75) is 42.6 Å². The maximum absolute atomic E-state index is 12.2. The molecule has 0 N–H and O–H groups in total. The van der Waals surface area contributed by atoms with E-state index in [2.05, 4.69) is 30.8 Å². The fourth-order valence-electron chi connectivity index (χ4n) is 2.46. The normalized spacial score (nSPS) is 18.4. The fraction of sp³-hybridized carbons (Fsp3) is 0.562. The largest absolute Gasteiger partial charge is 0.446 e. The van der Waals surface area contributed by atoms with Crippen LogP contribution < -0.4 is 0 Å². The van der Waals surface area contributed by atoms with Crippen LogP contribution in [0.4, 0.5) is 13.2 Å². The first-order chi connectivity index (χ1) is 11.4. The van der Waals surface area contributed by atoms with Crippen molar-refractivity contribution in [3.05, 3.63) is 29.8 Å². The van der Waals surface area contributed by atoms with Gasteiger partial charge in [-0.25, -0.2) is 0 Å². The summed E-state index contributed by atoms with van der Waals surface area (Å²) in [4.78, 5) is 7.21. The Bertz CT molecular complexity index is 531. The van der Waals surface area contributed by atoms with Gasteiger partial charge in [0.25, 0.3) is 0 Å². The molecular formula is C16H20BrF3N2OS. The van der Waals surface area contributed by atoms with Crippen molar-refractivity contribution in [3.63, 3.8) is 0 Å². The number of alkyl halides is 3. The summed E-state index contributed by atoms with van der Waals surface area (Å²) in [5, 5.41) is 3.57. The van der Waals surface area contributed by atoms with Gasteiger partial charge in [0.2, 0.25) is 0 Å². The minimum absolute atomic E-state index is 0.0581. The molecule has 134 valence electrons. The van der Waals surface area contributed by atoms with Crippen molar-refractivity contribution < 1.29 is 18.0 Å². The number of halogens is 4. The van der Waals surface area contributed by atoms with E-state index in [1.165, 1.54) is 19.3 Å². The average molecular weight is 425 g/mol. The highest BCUT2D eigenvalue weighted by Gasteiger charge is 2.29. The van der Waals surface area contributed by atoms with Crippen LogP contribution in [0.3, 0.4) is 0 Å². The molecule has 0 aromatic heterocycles. The molecule has 2 aliphatic rings. The molecule has 0 spiro atoms. The topological polar surface area (TPSA) is 24.8 Å². The van der Waals surface area contributed by atoms with Gasteiger partial charge in [-0.15, -0.1) is 0 Å². The first-order valence-corrected chi connectivity index (χ1v) is 9.45. The number of rotatable bonds is 3. The van der Waals surface area contributed by atoms with E-state index in [0.717, 1.165) is 42.8 Å². The Morgan fingerprint density at radius 1 is 1.12 bits per heavy atom. The van der Waals surface area contributed by atoms with Gasteiger partial charge in [-0.2, -0.15) is 13.2 Å². The number of benzene rings is 1. The van der Waals surface area contributed by atoms with Crippen LogP contribution in [-0.2, 0) is 11.4 Å². The van der Waals surface area contributed by atoms with E-state index in [4.69, 9.17) is 0 Å². The maximum atomic E-state index is 12.2. The van der Waals surface area contributed by atoms with E-state index >= 15 is 0 Å². The van der Waals surface area contributed by atoms with Crippen molar-refractivity contribution >= 4 is 32.3 Å². The second-order valence-corrected chi connectivity index (χ2v) is 7.63. The SMILES string of the molecule is BrC1=NOCC1.FC(F)(F)Sc1ccc(CN2CCCCC2)cc1. The standard InChI is InChI=1S/C13H16F3NS.C3H4BrNO/c14-13(15,16)18-12-6-4-11(5-7-12)10-17-8-2-1-3-9-17;4-3-1-2-6-5-3/h4-7H,1-3,8-10H2;1-2H2. The summed E-state index contributed by atoms with van der Waals surface area (Å²) in [6.07, 6.45) is 4.67. The molecule has 1 aromatic rings. The molecule has 24 heavy (non-hydrogen) atoms. The van der Waals surface area contributed by atoms with Gasteiger partial charge < -0.3 is 4.84 Å². The molecule has 8 heteroatoms. The zero-order valence-electron chi connectivity index (χ0n) is 13.2. The first kappa shape index (κ1) is 19.6. The maximum Gasteiger partial charge on any atom is 0.446 e.